The van der Waals surface area contributed by atoms with E-state index >= 15 is 0 Å². The summed E-state index contributed by atoms with van der Waals surface area (Å²) in [6, 6.07) is 0.357. The van der Waals surface area contributed by atoms with Gasteiger partial charge in [0.15, 0.2) is 0 Å². The molecule has 2 amide bonds. The molecule has 3 heteroatoms. The molecule has 0 aromatic heterocycles. The maximum absolute atomic E-state index is 10.5. The Bertz CT molecular complexity index is 114. The zero-order valence-electron chi connectivity index (χ0n) is 5.61. The first kappa shape index (κ1) is 6.39. The number of rotatable bonds is 2. The van der Waals surface area contributed by atoms with Gasteiger partial charge in [-0.15, -0.1) is 0 Å². The highest BCUT2D eigenvalue weighted by molar-refractivity contribution is 5.76. The number of amides is 2. The Labute approximate surface area is 54.8 Å². The molecule has 1 rings (SSSR count). The molecule has 0 unspecified atom stereocenters. The number of urea groups is 1. The number of carbonyl (C=O) groups is 1. The predicted molar refractivity (Wildman–Crippen MR) is 35.2 cm³/mol. The molecule has 2 N–H and O–H groups in total. The molecule has 52 valence electrons. The van der Waals surface area contributed by atoms with Crippen LogP contribution >= 0.6 is 0 Å². The van der Waals surface area contributed by atoms with Crippen LogP contribution in [0.25, 0.3) is 0 Å². The van der Waals surface area contributed by atoms with Gasteiger partial charge in [-0.25, -0.2) is 4.79 Å². The summed E-state index contributed by atoms with van der Waals surface area (Å²) in [5.74, 6) is 0. The Kier molecular flexibility index (Phi) is 1.92. The number of hydrogen-bond donors (Lipinski definition) is 2. The van der Waals surface area contributed by atoms with Crippen molar-refractivity contribution < 1.29 is 4.79 Å². The predicted octanol–water partition coefficient (Wildman–Crippen LogP) is 0.468. The molecular formula is C6H12N2O. The summed E-state index contributed by atoms with van der Waals surface area (Å²) in [7, 11) is 0. The molecule has 3 nitrogen and oxygen atoms in total. The molecule has 1 fully saturated rings. The summed E-state index contributed by atoms with van der Waals surface area (Å²) in [6.45, 7) is 2.91. The van der Waals surface area contributed by atoms with Gasteiger partial charge < -0.3 is 10.6 Å². The molecule has 1 aliphatic heterocycles. The van der Waals surface area contributed by atoms with Crippen LogP contribution in [0.5, 0.6) is 0 Å². The van der Waals surface area contributed by atoms with E-state index < -0.39 is 0 Å². The zero-order valence-corrected chi connectivity index (χ0v) is 5.61. The SMILES string of the molecule is CCC[C@@H]1CNC(=O)N1. The van der Waals surface area contributed by atoms with Crippen LogP contribution in [0.2, 0.25) is 0 Å². The lowest BCUT2D eigenvalue weighted by atomic mass is 10.2. The molecule has 1 saturated heterocycles. The van der Waals surface area contributed by atoms with E-state index in [0.717, 1.165) is 19.4 Å². The Balaban J connectivity index is 2.22. The van der Waals surface area contributed by atoms with Crippen LogP contribution in [0.3, 0.4) is 0 Å². The molecule has 0 aromatic carbocycles. The van der Waals surface area contributed by atoms with E-state index in [4.69, 9.17) is 0 Å². The van der Waals surface area contributed by atoms with Gasteiger partial charge in [0, 0.05) is 12.6 Å². The lowest BCUT2D eigenvalue weighted by molar-refractivity contribution is 0.247. The monoisotopic (exact) mass is 128 g/mol. The van der Waals surface area contributed by atoms with Crippen molar-refractivity contribution in [3.63, 3.8) is 0 Å². The van der Waals surface area contributed by atoms with Gasteiger partial charge in [0.05, 0.1) is 0 Å². The van der Waals surface area contributed by atoms with Gasteiger partial charge in [0.2, 0.25) is 0 Å². The average Bonchev–Trinajstić information content (AvgIpc) is 2.17. The highest BCUT2D eigenvalue weighted by Crippen LogP contribution is 1.98. The topological polar surface area (TPSA) is 41.1 Å². The molecule has 0 aromatic rings. The van der Waals surface area contributed by atoms with Gasteiger partial charge >= 0.3 is 6.03 Å². The second-order valence-corrected chi connectivity index (χ2v) is 2.34. The van der Waals surface area contributed by atoms with E-state index in [1.54, 1.807) is 0 Å². The molecule has 0 bridgehead atoms. The van der Waals surface area contributed by atoms with E-state index in [0.29, 0.717) is 6.04 Å². The third-order valence-electron chi connectivity index (χ3n) is 1.48. The van der Waals surface area contributed by atoms with Crippen LogP contribution in [-0.2, 0) is 0 Å². The van der Waals surface area contributed by atoms with Gasteiger partial charge in [0.1, 0.15) is 0 Å². The van der Waals surface area contributed by atoms with E-state index in [-0.39, 0.29) is 6.03 Å². The fourth-order valence-electron chi connectivity index (χ4n) is 1.03. The van der Waals surface area contributed by atoms with Gasteiger partial charge in [-0.1, -0.05) is 13.3 Å². The summed E-state index contributed by atoms with van der Waals surface area (Å²) in [5.41, 5.74) is 0. The van der Waals surface area contributed by atoms with Gasteiger partial charge in [-0.05, 0) is 6.42 Å². The Hall–Kier alpha value is -0.730. The average molecular weight is 128 g/mol. The van der Waals surface area contributed by atoms with Gasteiger partial charge in [0.25, 0.3) is 0 Å². The number of carbonyl (C=O) groups excluding carboxylic acids is 1. The number of nitrogens with one attached hydrogen (secondary N) is 2. The Morgan fingerprint density at radius 1 is 1.78 bits per heavy atom. The molecule has 0 aliphatic carbocycles. The smallest absolute Gasteiger partial charge is 0.315 e. The second kappa shape index (κ2) is 2.71. The van der Waals surface area contributed by atoms with Gasteiger partial charge in [-0.2, -0.15) is 0 Å². The summed E-state index contributed by atoms with van der Waals surface area (Å²) in [4.78, 5) is 10.5. The van der Waals surface area contributed by atoms with Crippen molar-refractivity contribution in [2.24, 2.45) is 0 Å². The quantitative estimate of drug-likeness (QED) is 0.557. The van der Waals surface area contributed by atoms with Crippen LogP contribution in [0, 0.1) is 0 Å². The minimum atomic E-state index is -0.0200. The molecule has 0 radical (unpaired) electrons. The van der Waals surface area contributed by atoms with Crippen LogP contribution in [0.15, 0.2) is 0 Å². The van der Waals surface area contributed by atoms with Crippen molar-refractivity contribution in [3.05, 3.63) is 0 Å². The van der Waals surface area contributed by atoms with Crippen LogP contribution < -0.4 is 10.6 Å². The minimum absolute atomic E-state index is 0.0200. The summed E-state index contributed by atoms with van der Waals surface area (Å²) in [6.07, 6.45) is 2.21. The highest BCUT2D eigenvalue weighted by Gasteiger charge is 2.17. The second-order valence-electron chi connectivity index (χ2n) is 2.34. The molecule has 9 heavy (non-hydrogen) atoms. The van der Waals surface area contributed by atoms with E-state index in [9.17, 15) is 4.79 Å². The molecule has 1 atom stereocenters. The first-order chi connectivity index (χ1) is 4.33. The maximum atomic E-state index is 10.5. The zero-order chi connectivity index (χ0) is 6.69. The van der Waals surface area contributed by atoms with E-state index in [1.807, 2.05) is 0 Å². The van der Waals surface area contributed by atoms with Crippen molar-refractivity contribution in [3.8, 4) is 0 Å². The molecule has 1 aliphatic rings. The van der Waals surface area contributed by atoms with Crippen molar-refractivity contribution in [2.75, 3.05) is 6.54 Å². The largest absolute Gasteiger partial charge is 0.336 e. The van der Waals surface area contributed by atoms with Crippen molar-refractivity contribution in [1.29, 1.82) is 0 Å². The molecular weight excluding hydrogens is 116 g/mol. The highest BCUT2D eigenvalue weighted by atomic mass is 16.2. The first-order valence-electron chi connectivity index (χ1n) is 3.37. The Morgan fingerprint density at radius 3 is 3.00 bits per heavy atom. The van der Waals surface area contributed by atoms with Gasteiger partial charge in [-0.3, -0.25) is 0 Å². The fraction of sp³-hybridized carbons (Fsp3) is 0.833. The standard InChI is InChI=1S/C6H12N2O/c1-2-3-5-4-7-6(9)8-5/h5H,2-4H2,1H3,(H2,7,8,9)/t5-/m1/s1. The Morgan fingerprint density at radius 2 is 2.56 bits per heavy atom. The minimum Gasteiger partial charge on any atom is -0.336 e. The summed E-state index contributed by atoms with van der Waals surface area (Å²) in [5, 5.41) is 5.51. The summed E-state index contributed by atoms with van der Waals surface area (Å²) < 4.78 is 0. The van der Waals surface area contributed by atoms with Crippen molar-refractivity contribution in [2.45, 2.75) is 25.8 Å². The summed E-state index contributed by atoms with van der Waals surface area (Å²) >= 11 is 0. The molecule has 1 heterocycles. The lowest BCUT2D eigenvalue weighted by Gasteiger charge is -2.03. The maximum Gasteiger partial charge on any atom is 0.315 e. The van der Waals surface area contributed by atoms with E-state index in [2.05, 4.69) is 17.6 Å². The third kappa shape index (κ3) is 1.59. The normalized spacial score (nSPS) is 25.4. The van der Waals surface area contributed by atoms with Crippen molar-refractivity contribution >= 4 is 6.03 Å². The van der Waals surface area contributed by atoms with Crippen molar-refractivity contribution in [1.82, 2.24) is 10.6 Å². The number of hydrogen-bond acceptors (Lipinski definition) is 1. The molecule has 0 spiro atoms. The van der Waals surface area contributed by atoms with E-state index in [1.165, 1.54) is 0 Å². The van der Waals surface area contributed by atoms with Crippen LogP contribution in [0.4, 0.5) is 4.79 Å². The van der Waals surface area contributed by atoms with Crippen LogP contribution in [-0.4, -0.2) is 18.6 Å². The molecule has 0 saturated carbocycles. The lowest BCUT2D eigenvalue weighted by Crippen LogP contribution is -2.26. The van der Waals surface area contributed by atoms with Crippen LogP contribution in [0.1, 0.15) is 19.8 Å². The fourth-order valence-corrected chi connectivity index (χ4v) is 1.03. The first-order valence-corrected chi connectivity index (χ1v) is 3.37. The third-order valence-corrected chi connectivity index (χ3v) is 1.48.